The van der Waals surface area contributed by atoms with Gasteiger partial charge in [-0.3, -0.25) is 4.79 Å². The lowest BCUT2D eigenvalue weighted by Crippen LogP contribution is -2.40. The zero-order valence-electron chi connectivity index (χ0n) is 8.99. The Morgan fingerprint density at radius 2 is 2.29 bits per heavy atom. The number of aliphatic carboxylic acids is 1. The van der Waals surface area contributed by atoms with Gasteiger partial charge in [-0.2, -0.15) is 0 Å². The van der Waals surface area contributed by atoms with Crippen LogP contribution in [-0.4, -0.2) is 48.2 Å². The van der Waals surface area contributed by atoms with Crippen LogP contribution in [0.4, 0.5) is 0 Å². The molecule has 2 N–H and O–H groups in total. The molecule has 4 nitrogen and oxygen atoms in total. The van der Waals surface area contributed by atoms with E-state index in [1.54, 1.807) is 0 Å². The molecule has 4 heteroatoms. The molecule has 1 aliphatic rings. The van der Waals surface area contributed by atoms with Crippen LogP contribution >= 0.6 is 0 Å². The van der Waals surface area contributed by atoms with E-state index in [-0.39, 0.29) is 6.04 Å². The third-order valence-corrected chi connectivity index (χ3v) is 2.65. The summed E-state index contributed by atoms with van der Waals surface area (Å²) in [4.78, 5) is 13.0. The van der Waals surface area contributed by atoms with E-state index in [1.165, 1.54) is 0 Å². The van der Waals surface area contributed by atoms with Crippen LogP contribution < -0.4 is 5.32 Å². The normalized spacial score (nSPS) is 18.5. The third kappa shape index (κ3) is 4.07. The molecule has 1 fully saturated rings. The second kappa shape index (κ2) is 5.32. The zero-order valence-corrected chi connectivity index (χ0v) is 8.99. The van der Waals surface area contributed by atoms with Crippen molar-refractivity contribution in [2.45, 2.75) is 38.3 Å². The fraction of sp³-hybridized carbons (Fsp3) is 0.900. The second-order valence-electron chi connectivity index (χ2n) is 4.02. The number of hydrogen-bond acceptors (Lipinski definition) is 3. The Bertz CT molecular complexity index is 193. The minimum Gasteiger partial charge on any atom is -0.480 e. The lowest BCUT2D eigenvalue weighted by atomic mass is 10.2. The van der Waals surface area contributed by atoms with Crippen molar-refractivity contribution in [3.63, 3.8) is 0 Å². The minimum absolute atomic E-state index is 0.364. The summed E-state index contributed by atoms with van der Waals surface area (Å²) in [6.07, 6.45) is 2.96. The maximum atomic E-state index is 10.9. The average Bonchev–Trinajstić information content (AvgIpc) is 2.94. The Morgan fingerprint density at radius 1 is 1.64 bits per heavy atom. The van der Waals surface area contributed by atoms with Gasteiger partial charge in [0.05, 0.1) is 0 Å². The third-order valence-electron chi connectivity index (χ3n) is 2.65. The smallest absolute Gasteiger partial charge is 0.320 e. The number of nitrogens with zero attached hydrogens (tertiary/aromatic N) is 1. The van der Waals surface area contributed by atoms with Gasteiger partial charge in [0.2, 0.25) is 0 Å². The summed E-state index contributed by atoms with van der Waals surface area (Å²) in [6.45, 7) is 3.88. The minimum atomic E-state index is -0.721. The highest BCUT2D eigenvalue weighted by atomic mass is 16.4. The molecule has 0 amide bonds. The van der Waals surface area contributed by atoms with Gasteiger partial charge in [-0.25, -0.2) is 0 Å². The number of nitrogens with one attached hydrogen (secondary N) is 1. The Morgan fingerprint density at radius 3 is 2.71 bits per heavy atom. The predicted molar refractivity (Wildman–Crippen MR) is 55.4 cm³/mol. The van der Waals surface area contributed by atoms with Crippen molar-refractivity contribution in [1.29, 1.82) is 0 Å². The number of carboxylic acids is 1. The van der Waals surface area contributed by atoms with Crippen molar-refractivity contribution >= 4 is 5.97 Å². The van der Waals surface area contributed by atoms with Crippen LogP contribution in [0, 0.1) is 0 Å². The van der Waals surface area contributed by atoms with Crippen LogP contribution in [0.1, 0.15) is 26.2 Å². The highest BCUT2D eigenvalue weighted by Crippen LogP contribution is 2.20. The molecule has 0 aromatic carbocycles. The van der Waals surface area contributed by atoms with Gasteiger partial charge in [-0.1, -0.05) is 6.92 Å². The van der Waals surface area contributed by atoms with Crippen LogP contribution in [0.3, 0.4) is 0 Å². The monoisotopic (exact) mass is 200 g/mol. The van der Waals surface area contributed by atoms with E-state index in [0.29, 0.717) is 12.5 Å². The molecule has 0 aromatic rings. The van der Waals surface area contributed by atoms with Gasteiger partial charge < -0.3 is 15.3 Å². The molecular weight excluding hydrogens is 180 g/mol. The summed E-state index contributed by atoms with van der Waals surface area (Å²) in [7, 11) is 2.01. The fourth-order valence-electron chi connectivity index (χ4n) is 1.32. The first-order valence-corrected chi connectivity index (χ1v) is 5.31. The summed E-state index contributed by atoms with van der Waals surface area (Å²) in [5.41, 5.74) is 0. The average molecular weight is 200 g/mol. The summed E-state index contributed by atoms with van der Waals surface area (Å²) >= 11 is 0. The van der Waals surface area contributed by atoms with Gasteiger partial charge >= 0.3 is 5.97 Å². The molecule has 0 bridgehead atoms. The first-order chi connectivity index (χ1) is 6.63. The first-order valence-electron chi connectivity index (χ1n) is 5.31. The number of rotatable bonds is 7. The lowest BCUT2D eigenvalue weighted by Gasteiger charge is -2.18. The molecule has 14 heavy (non-hydrogen) atoms. The Hall–Kier alpha value is -0.610. The van der Waals surface area contributed by atoms with Crippen LogP contribution in [0.5, 0.6) is 0 Å². The zero-order chi connectivity index (χ0) is 10.6. The summed E-state index contributed by atoms with van der Waals surface area (Å²) in [6, 6.07) is 0.0968. The summed E-state index contributed by atoms with van der Waals surface area (Å²) in [5.74, 6) is -0.721. The van der Waals surface area contributed by atoms with Gasteiger partial charge in [0, 0.05) is 6.04 Å². The Kier molecular flexibility index (Phi) is 4.35. The summed E-state index contributed by atoms with van der Waals surface area (Å²) < 4.78 is 0. The van der Waals surface area contributed by atoms with Gasteiger partial charge in [0.25, 0.3) is 0 Å². The molecular formula is C10H20N2O2. The van der Waals surface area contributed by atoms with Gasteiger partial charge in [0.15, 0.2) is 0 Å². The van der Waals surface area contributed by atoms with Crippen molar-refractivity contribution in [2.75, 3.05) is 20.1 Å². The van der Waals surface area contributed by atoms with Crippen molar-refractivity contribution in [3.8, 4) is 0 Å². The molecule has 0 spiro atoms. The molecule has 0 aliphatic heterocycles. The molecule has 0 saturated heterocycles. The number of hydrogen-bond donors (Lipinski definition) is 2. The molecule has 1 saturated carbocycles. The fourth-order valence-corrected chi connectivity index (χ4v) is 1.32. The van der Waals surface area contributed by atoms with Crippen LogP contribution in [0.25, 0.3) is 0 Å². The van der Waals surface area contributed by atoms with Gasteiger partial charge in [-0.15, -0.1) is 0 Å². The van der Waals surface area contributed by atoms with E-state index in [4.69, 9.17) is 5.11 Å². The highest BCUT2D eigenvalue weighted by molar-refractivity contribution is 5.73. The Balaban J connectivity index is 2.23. The molecule has 1 atom stereocenters. The quantitative estimate of drug-likeness (QED) is 0.629. The molecule has 0 radical (unpaired) electrons. The maximum absolute atomic E-state index is 10.9. The first kappa shape index (κ1) is 11.5. The van der Waals surface area contributed by atoms with E-state index in [1.807, 2.05) is 7.05 Å². The van der Waals surface area contributed by atoms with Crippen molar-refractivity contribution < 1.29 is 9.90 Å². The van der Waals surface area contributed by atoms with Crippen molar-refractivity contribution in [3.05, 3.63) is 0 Å². The Labute approximate surface area is 85.3 Å². The molecule has 1 unspecified atom stereocenters. The second-order valence-corrected chi connectivity index (χ2v) is 4.02. The standard InChI is InChI=1S/C10H20N2O2/c1-3-12(2)7-6-9(10(13)14)11-8-4-5-8/h8-9,11H,3-7H2,1-2H3,(H,13,14). The van der Waals surface area contributed by atoms with Crippen LogP contribution in [-0.2, 0) is 4.79 Å². The van der Waals surface area contributed by atoms with Crippen molar-refractivity contribution in [2.24, 2.45) is 0 Å². The lowest BCUT2D eigenvalue weighted by molar-refractivity contribution is -0.139. The SMILES string of the molecule is CCN(C)CCC(NC1CC1)C(=O)O. The van der Waals surface area contributed by atoms with E-state index in [2.05, 4.69) is 17.1 Å². The van der Waals surface area contributed by atoms with Crippen molar-refractivity contribution in [1.82, 2.24) is 10.2 Å². The van der Waals surface area contributed by atoms with E-state index < -0.39 is 5.97 Å². The molecule has 1 rings (SSSR count). The van der Waals surface area contributed by atoms with E-state index in [0.717, 1.165) is 25.9 Å². The molecule has 0 aromatic heterocycles. The highest BCUT2D eigenvalue weighted by Gasteiger charge is 2.27. The molecule has 82 valence electrons. The predicted octanol–water partition coefficient (Wildman–Crippen LogP) is 0.533. The van der Waals surface area contributed by atoms with E-state index >= 15 is 0 Å². The largest absolute Gasteiger partial charge is 0.480 e. The molecule has 1 aliphatic carbocycles. The van der Waals surface area contributed by atoms with E-state index in [9.17, 15) is 4.79 Å². The number of carbonyl (C=O) groups is 1. The number of carboxylic acid groups (broad SMARTS) is 1. The van der Waals surface area contributed by atoms with Crippen LogP contribution in [0.2, 0.25) is 0 Å². The van der Waals surface area contributed by atoms with Gasteiger partial charge in [-0.05, 0) is 39.4 Å². The summed E-state index contributed by atoms with van der Waals surface area (Å²) in [5, 5.41) is 12.1. The topological polar surface area (TPSA) is 52.6 Å². The van der Waals surface area contributed by atoms with Crippen LogP contribution in [0.15, 0.2) is 0 Å². The maximum Gasteiger partial charge on any atom is 0.320 e. The van der Waals surface area contributed by atoms with Gasteiger partial charge in [0.1, 0.15) is 6.04 Å². The molecule has 0 heterocycles.